The number of nitrogens with one attached hydrogen (secondary N) is 1. The molecule has 0 saturated heterocycles. The Bertz CT molecular complexity index is 704. The first-order valence-corrected chi connectivity index (χ1v) is 6.78. The lowest BCUT2D eigenvalue weighted by Gasteiger charge is -2.08. The average molecular weight is 282 g/mol. The summed E-state index contributed by atoms with van der Waals surface area (Å²) in [5.41, 5.74) is 4.72. The minimum absolute atomic E-state index is 0.189. The van der Waals surface area contributed by atoms with Crippen molar-refractivity contribution in [1.29, 1.82) is 0 Å². The number of rotatable bonds is 3. The van der Waals surface area contributed by atoms with Crippen LogP contribution in [0.5, 0.6) is 0 Å². The van der Waals surface area contributed by atoms with Crippen molar-refractivity contribution in [2.24, 2.45) is 0 Å². The Hall–Kier alpha value is -2.54. The van der Waals surface area contributed by atoms with E-state index in [4.69, 9.17) is 11.3 Å². The normalized spacial score (nSPS) is 10.5. The fourth-order valence-electron chi connectivity index (χ4n) is 2.46. The number of carbonyl (C=O) groups excluding carboxylic acids is 1. The van der Waals surface area contributed by atoms with Gasteiger partial charge in [0.15, 0.2) is 5.69 Å². The number of aromatic nitrogens is 1. The van der Waals surface area contributed by atoms with Crippen LogP contribution < -0.4 is 0 Å². The van der Waals surface area contributed by atoms with E-state index in [9.17, 15) is 4.79 Å². The van der Waals surface area contributed by atoms with E-state index in [1.54, 1.807) is 12.1 Å². The molecule has 1 N–H and O–H groups in total. The smallest absolute Gasteiger partial charge is 0.340 e. The predicted octanol–water partition coefficient (Wildman–Crippen LogP) is 4.45. The molecule has 4 nitrogen and oxygen atoms in total. The zero-order chi connectivity index (χ0) is 15.6. The van der Waals surface area contributed by atoms with Crippen molar-refractivity contribution in [3.63, 3.8) is 0 Å². The van der Waals surface area contributed by atoms with E-state index in [2.05, 4.69) is 9.83 Å². The highest BCUT2D eigenvalue weighted by atomic mass is 16.5. The molecule has 1 heterocycles. The third-order valence-electron chi connectivity index (χ3n) is 3.47. The summed E-state index contributed by atoms with van der Waals surface area (Å²) in [5.74, 6) is -0.152. The number of hydrogen-bond donors (Lipinski definition) is 1. The average Bonchev–Trinajstić information content (AvgIpc) is 2.84. The Morgan fingerprint density at radius 1 is 1.29 bits per heavy atom. The molecule has 1 aromatic heterocycles. The van der Waals surface area contributed by atoms with Gasteiger partial charge in [0.2, 0.25) is 0 Å². The molecule has 0 atom stereocenters. The van der Waals surface area contributed by atoms with Crippen LogP contribution in [0.2, 0.25) is 0 Å². The van der Waals surface area contributed by atoms with Crippen LogP contribution in [-0.2, 0) is 4.74 Å². The lowest BCUT2D eigenvalue weighted by molar-refractivity contribution is 0.0600. The SMILES string of the molecule is [C-]#[N+]c1ccc(-c2c(C)[nH]c(C(C)C)c2C(=O)OC)cc1. The molecule has 108 valence electrons. The van der Waals surface area contributed by atoms with Crippen LogP contribution in [0.25, 0.3) is 16.0 Å². The van der Waals surface area contributed by atoms with Gasteiger partial charge in [-0.05, 0) is 18.4 Å². The van der Waals surface area contributed by atoms with Gasteiger partial charge in [0.1, 0.15) is 0 Å². The van der Waals surface area contributed by atoms with Gasteiger partial charge in [-0.15, -0.1) is 0 Å². The molecule has 0 fully saturated rings. The number of ether oxygens (including phenoxy) is 1. The molecule has 0 aliphatic heterocycles. The van der Waals surface area contributed by atoms with E-state index in [1.807, 2.05) is 32.9 Å². The monoisotopic (exact) mass is 282 g/mol. The summed E-state index contributed by atoms with van der Waals surface area (Å²) in [4.78, 5) is 18.9. The van der Waals surface area contributed by atoms with E-state index in [0.29, 0.717) is 11.3 Å². The van der Waals surface area contributed by atoms with Crippen molar-refractivity contribution in [1.82, 2.24) is 4.98 Å². The lowest BCUT2D eigenvalue weighted by Crippen LogP contribution is -2.06. The highest BCUT2D eigenvalue weighted by Gasteiger charge is 2.24. The molecule has 0 aliphatic carbocycles. The van der Waals surface area contributed by atoms with Crippen LogP contribution in [0.3, 0.4) is 0 Å². The first-order valence-electron chi connectivity index (χ1n) is 6.78. The lowest BCUT2D eigenvalue weighted by atomic mass is 9.97. The number of nitrogens with zero attached hydrogens (tertiary/aromatic N) is 1. The molecule has 0 radical (unpaired) electrons. The third kappa shape index (κ3) is 2.68. The van der Waals surface area contributed by atoms with Crippen LogP contribution >= 0.6 is 0 Å². The second-order valence-electron chi connectivity index (χ2n) is 5.22. The van der Waals surface area contributed by atoms with Gasteiger partial charge in [-0.3, -0.25) is 0 Å². The number of aryl methyl sites for hydroxylation is 1. The number of carbonyl (C=O) groups is 1. The molecule has 0 spiro atoms. The minimum Gasteiger partial charge on any atom is -0.465 e. The Balaban J connectivity index is 2.66. The van der Waals surface area contributed by atoms with Gasteiger partial charge < -0.3 is 9.72 Å². The molecule has 0 saturated carbocycles. The topological polar surface area (TPSA) is 46.5 Å². The van der Waals surface area contributed by atoms with Gasteiger partial charge in [-0.25, -0.2) is 9.64 Å². The van der Waals surface area contributed by atoms with Crippen molar-refractivity contribution in [2.45, 2.75) is 26.7 Å². The summed E-state index contributed by atoms with van der Waals surface area (Å²) >= 11 is 0. The molecule has 2 aromatic rings. The summed E-state index contributed by atoms with van der Waals surface area (Å²) < 4.78 is 4.94. The van der Waals surface area contributed by atoms with E-state index in [0.717, 1.165) is 22.5 Å². The molecule has 1 aromatic carbocycles. The predicted molar refractivity (Wildman–Crippen MR) is 82.7 cm³/mol. The quantitative estimate of drug-likeness (QED) is 0.667. The van der Waals surface area contributed by atoms with E-state index in [1.165, 1.54) is 7.11 Å². The van der Waals surface area contributed by atoms with Crippen molar-refractivity contribution in [3.05, 3.63) is 52.6 Å². The highest BCUT2D eigenvalue weighted by Crippen LogP contribution is 2.34. The second-order valence-corrected chi connectivity index (χ2v) is 5.22. The van der Waals surface area contributed by atoms with E-state index in [-0.39, 0.29) is 11.9 Å². The maximum Gasteiger partial charge on any atom is 0.340 e. The standard InChI is InChI=1S/C17H18N2O2/c1-10(2)16-15(17(20)21-5)14(11(3)19-16)12-6-8-13(18-4)9-7-12/h6-10,19H,1-3,5H3. The Morgan fingerprint density at radius 3 is 2.38 bits per heavy atom. The minimum atomic E-state index is -0.340. The molecule has 4 heteroatoms. The van der Waals surface area contributed by atoms with E-state index >= 15 is 0 Å². The van der Waals surface area contributed by atoms with Gasteiger partial charge in [-0.1, -0.05) is 38.1 Å². The van der Waals surface area contributed by atoms with Crippen LogP contribution in [0.4, 0.5) is 5.69 Å². The third-order valence-corrected chi connectivity index (χ3v) is 3.47. The summed E-state index contributed by atoms with van der Waals surface area (Å²) in [6, 6.07) is 7.23. The largest absolute Gasteiger partial charge is 0.465 e. The number of aromatic amines is 1. The fourth-order valence-corrected chi connectivity index (χ4v) is 2.46. The molecular weight excluding hydrogens is 264 g/mol. The van der Waals surface area contributed by atoms with Crippen molar-refractivity contribution in [2.75, 3.05) is 7.11 Å². The number of esters is 1. The zero-order valence-corrected chi connectivity index (χ0v) is 12.7. The molecule has 2 rings (SSSR count). The van der Waals surface area contributed by atoms with Gasteiger partial charge in [0, 0.05) is 17.0 Å². The number of benzene rings is 1. The van der Waals surface area contributed by atoms with Gasteiger partial charge in [-0.2, -0.15) is 0 Å². The number of H-pyrrole nitrogens is 1. The summed E-state index contributed by atoms with van der Waals surface area (Å²) in [6.45, 7) is 13.0. The summed E-state index contributed by atoms with van der Waals surface area (Å²) in [6.07, 6.45) is 0. The zero-order valence-electron chi connectivity index (χ0n) is 12.7. The van der Waals surface area contributed by atoms with Crippen molar-refractivity contribution in [3.8, 4) is 11.1 Å². The summed E-state index contributed by atoms with van der Waals surface area (Å²) in [5, 5.41) is 0. The second kappa shape index (κ2) is 5.84. The molecule has 0 amide bonds. The first kappa shape index (κ1) is 14.9. The van der Waals surface area contributed by atoms with Gasteiger partial charge in [0.25, 0.3) is 0 Å². The van der Waals surface area contributed by atoms with Crippen LogP contribution in [0, 0.1) is 13.5 Å². The number of methoxy groups -OCH3 is 1. The molecular formula is C17H18N2O2. The Labute approximate surface area is 124 Å². The van der Waals surface area contributed by atoms with Crippen LogP contribution in [0.1, 0.15) is 41.5 Å². The Kier molecular flexibility index (Phi) is 4.13. The van der Waals surface area contributed by atoms with Crippen molar-refractivity contribution < 1.29 is 9.53 Å². The number of hydrogen-bond acceptors (Lipinski definition) is 2. The van der Waals surface area contributed by atoms with Crippen LogP contribution in [-0.4, -0.2) is 18.1 Å². The van der Waals surface area contributed by atoms with Gasteiger partial charge >= 0.3 is 5.97 Å². The molecule has 0 unspecified atom stereocenters. The van der Waals surface area contributed by atoms with E-state index < -0.39 is 0 Å². The summed E-state index contributed by atoms with van der Waals surface area (Å²) in [7, 11) is 1.39. The van der Waals surface area contributed by atoms with Crippen molar-refractivity contribution >= 4 is 11.7 Å². The molecule has 0 bridgehead atoms. The maximum atomic E-state index is 12.2. The molecule has 0 aliphatic rings. The molecule has 21 heavy (non-hydrogen) atoms. The fraction of sp³-hybridized carbons (Fsp3) is 0.294. The van der Waals surface area contributed by atoms with Crippen LogP contribution in [0.15, 0.2) is 24.3 Å². The maximum absolute atomic E-state index is 12.2. The first-order chi connectivity index (χ1) is 9.99. The highest BCUT2D eigenvalue weighted by molar-refractivity contribution is 6.00. The van der Waals surface area contributed by atoms with Gasteiger partial charge in [0.05, 0.1) is 19.2 Å². The Morgan fingerprint density at radius 2 is 1.90 bits per heavy atom.